The third kappa shape index (κ3) is 1.64. The average Bonchev–Trinajstić information content (AvgIpc) is 2.70. The second-order valence-electron chi connectivity index (χ2n) is 3.09. The van der Waals surface area contributed by atoms with Gasteiger partial charge in [0.1, 0.15) is 6.10 Å². The molecule has 2 heterocycles. The number of hydrogen-bond acceptors (Lipinski definition) is 5. The minimum atomic E-state index is -0.730. The van der Waals surface area contributed by atoms with E-state index in [4.69, 9.17) is 10.5 Å². The molecule has 6 heteroatoms. The molecule has 0 fully saturated rings. The highest BCUT2D eigenvalue weighted by Gasteiger charge is 2.11. The second-order valence-corrected chi connectivity index (χ2v) is 3.09. The third-order valence-electron chi connectivity index (χ3n) is 2.17. The minimum Gasteiger partial charge on any atom is -0.480 e. The number of fused-ring (bicyclic) bond motifs is 1. The van der Waals surface area contributed by atoms with Gasteiger partial charge in [-0.05, 0) is 0 Å². The largest absolute Gasteiger partial charge is 0.480 e. The predicted octanol–water partition coefficient (Wildman–Crippen LogP) is -0.270. The van der Waals surface area contributed by atoms with Gasteiger partial charge in [-0.15, -0.1) is 0 Å². The van der Waals surface area contributed by atoms with Crippen molar-refractivity contribution in [3.05, 3.63) is 24.3 Å². The Labute approximate surface area is 86.3 Å². The molecule has 1 atom stereocenters. The van der Waals surface area contributed by atoms with Crippen LogP contribution < -0.4 is 10.5 Å². The average molecular weight is 208 g/mol. The molecule has 0 bridgehead atoms. The van der Waals surface area contributed by atoms with Gasteiger partial charge in [-0.25, -0.2) is 9.97 Å². The molecule has 2 rings (SSSR count). The first-order valence-electron chi connectivity index (χ1n) is 4.51. The molecule has 6 nitrogen and oxygen atoms in total. The molecule has 80 valence electrons. The van der Waals surface area contributed by atoms with Crippen LogP contribution in [0.5, 0.6) is 5.88 Å². The quantitative estimate of drug-likeness (QED) is 0.725. The van der Waals surface area contributed by atoms with Crippen LogP contribution in [0.4, 0.5) is 0 Å². The predicted molar refractivity (Wildman–Crippen MR) is 53.6 cm³/mol. The Hall–Kier alpha value is -1.66. The lowest BCUT2D eigenvalue weighted by Crippen LogP contribution is -2.13. The van der Waals surface area contributed by atoms with Crippen molar-refractivity contribution in [1.82, 2.24) is 14.4 Å². The van der Waals surface area contributed by atoms with Crippen molar-refractivity contribution < 1.29 is 9.84 Å². The maximum atomic E-state index is 9.63. The highest BCUT2D eigenvalue weighted by molar-refractivity contribution is 5.39. The number of aliphatic hydroxyl groups excluding tert-OH is 1. The van der Waals surface area contributed by atoms with Gasteiger partial charge in [0.05, 0.1) is 31.4 Å². The van der Waals surface area contributed by atoms with Crippen LogP contribution in [-0.2, 0) is 0 Å². The molecule has 0 amide bonds. The molecule has 0 saturated heterocycles. The standard InChI is InChI=1S/C9H12N4O2/c1-15-9-5-13-6(7(14)2-10)3-11-8(13)4-12-9/h3-5,7,14H,2,10H2,1H3. The number of methoxy groups -OCH3 is 1. The molecule has 0 aromatic carbocycles. The van der Waals surface area contributed by atoms with Gasteiger partial charge < -0.3 is 15.6 Å². The lowest BCUT2D eigenvalue weighted by molar-refractivity contribution is 0.181. The summed E-state index contributed by atoms with van der Waals surface area (Å²) in [4.78, 5) is 8.10. The number of aliphatic hydroxyl groups is 1. The van der Waals surface area contributed by atoms with Crippen LogP contribution in [0.25, 0.3) is 5.65 Å². The monoisotopic (exact) mass is 208 g/mol. The Morgan fingerprint density at radius 3 is 3.00 bits per heavy atom. The molecule has 1 unspecified atom stereocenters. The molecule has 3 N–H and O–H groups in total. The maximum absolute atomic E-state index is 9.63. The Morgan fingerprint density at radius 1 is 1.53 bits per heavy atom. The zero-order valence-corrected chi connectivity index (χ0v) is 8.29. The van der Waals surface area contributed by atoms with E-state index in [0.29, 0.717) is 17.2 Å². The van der Waals surface area contributed by atoms with Gasteiger partial charge in [-0.3, -0.25) is 4.40 Å². The summed E-state index contributed by atoms with van der Waals surface area (Å²) >= 11 is 0. The number of nitrogens with two attached hydrogens (primary N) is 1. The lowest BCUT2D eigenvalue weighted by atomic mass is 10.3. The molecular weight excluding hydrogens is 196 g/mol. The number of nitrogens with zero attached hydrogens (tertiary/aromatic N) is 3. The first-order valence-corrected chi connectivity index (χ1v) is 4.51. The van der Waals surface area contributed by atoms with Crippen molar-refractivity contribution in [3.63, 3.8) is 0 Å². The van der Waals surface area contributed by atoms with Gasteiger partial charge in [0.2, 0.25) is 5.88 Å². The second kappa shape index (κ2) is 3.84. The van der Waals surface area contributed by atoms with E-state index in [1.165, 1.54) is 7.11 Å². The summed E-state index contributed by atoms with van der Waals surface area (Å²) in [6.07, 6.45) is 4.09. The highest BCUT2D eigenvalue weighted by atomic mass is 16.5. The van der Waals surface area contributed by atoms with Crippen LogP contribution in [0.15, 0.2) is 18.6 Å². The van der Waals surface area contributed by atoms with Crippen molar-refractivity contribution in [2.45, 2.75) is 6.10 Å². The number of hydrogen-bond donors (Lipinski definition) is 2. The van der Waals surface area contributed by atoms with E-state index in [9.17, 15) is 5.11 Å². The maximum Gasteiger partial charge on any atom is 0.230 e. The van der Waals surface area contributed by atoms with Crippen molar-refractivity contribution in [2.75, 3.05) is 13.7 Å². The van der Waals surface area contributed by atoms with Crippen LogP contribution in [-0.4, -0.2) is 33.1 Å². The molecule has 0 radical (unpaired) electrons. The number of ether oxygens (including phenoxy) is 1. The third-order valence-corrected chi connectivity index (χ3v) is 2.17. The molecule has 2 aromatic heterocycles. The van der Waals surface area contributed by atoms with E-state index < -0.39 is 6.10 Å². The summed E-state index contributed by atoms with van der Waals surface area (Å²) in [6, 6.07) is 0. The van der Waals surface area contributed by atoms with E-state index >= 15 is 0 Å². The van der Waals surface area contributed by atoms with Gasteiger partial charge in [-0.2, -0.15) is 0 Å². The molecular formula is C9H12N4O2. The Bertz CT molecular complexity index is 468. The summed E-state index contributed by atoms with van der Waals surface area (Å²) in [7, 11) is 1.53. The van der Waals surface area contributed by atoms with Crippen LogP contribution >= 0.6 is 0 Å². The summed E-state index contributed by atoms with van der Waals surface area (Å²) in [5.41, 5.74) is 6.67. The molecule has 0 aliphatic heterocycles. The van der Waals surface area contributed by atoms with E-state index in [2.05, 4.69) is 9.97 Å². The summed E-state index contributed by atoms with van der Waals surface area (Å²) in [5.74, 6) is 0.464. The molecule has 0 spiro atoms. The summed E-state index contributed by atoms with van der Waals surface area (Å²) in [6.45, 7) is 0.151. The van der Waals surface area contributed by atoms with Crippen molar-refractivity contribution in [3.8, 4) is 5.88 Å². The van der Waals surface area contributed by atoms with Gasteiger partial charge in [0, 0.05) is 6.54 Å². The van der Waals surface area contributed by atoms with E-state index in [1.807, 2.05) is 0 Å². The van der Waals surface area contributed by atoms with E-state index in [1.54, 1.807) is 23.0 Å². The molecule has 15 heavy (non-hydrogen) atoms. The first kappa shape index (κ1) is 9.88. The number of imidazole rings is 1. The Kier molecular flexibility index (Phi) is 2.53. The van der Waals surface area contributed by atoms with Crippen LogP contribution in [0.2, 0.25) is 0 Å². The SMILES string of the molecule is COc1cn2c(C(O)CN)cnc2cn1. The summed E-state index contributed by atoms with van der Waals surface area (Å²) < 4.78 is 6.70. The molecule has 0 aliphatic carbocycles. The van der Waals surface area contributed by atoms with Crippen LogP contribution in [0.3, 0.4) is 0 Å². The molecule has 2 aromatic rings. The van der Waals surface area contributed by atoms with Gasteiger partial charge in [-0.1, -0.05) is 0 Å². The highest BCUT2D eigenvalue weighted by Crippen LogP contribution is 2.16. The first-order chi connectivity index (χ1) is 7.26. The fourth-order valence-electron chi connectivity index (χ4n) is 1.36. The van der Waals surface area contributed by atoms with Crippen molar-refractivity contribution in [2.24, 2.45) is 5.73 Å². The van der Waals surface area contributed by atoms with Gasteiger partial charge >= 0.3 is 0 Å². The number of rotatable bonds is 3. The van der Waals surface area contributed by atoms with Crippen LogP contribution in [0.1, 0.15) is 11.8 Å². The van der Waals surface area contributed by atoms with E-state index in [0.717, 1.165) is 0 Å². The van der Waals surface area contributed by atoms with E-state index in [-0.39, 0.29) is 6.54 Å². The van der Waals surface area contributed by atoms with Crippen molar-refractivity contribution >= 4 is 5.65 Å². The minimum absolute atomic E-state index is 0.151. The van der Waals surface area contributed by atoms with Gasteiger partial charge in [0.15, 0.2) is 5.65 Å². The Balaban J connectivity index is 2.56. The zero-order chi connectivity index (χ0) is 10.8. The zero-order valence-electron chi connectivity index (χ0n) is 8.29. The van der Waals surface area contributed by atoms with Gasteiger partial charge in [0.25, 0.3) is 0 Å². The molecule has 0 aliphatic rings. The topological polar surface area (TPSA) is 85.7 Å². The lowest BCUT2D eigenvalue weighted by Gasteiger charge is -2.07. The molecule has 0 saturated carbocycles. The van der Waals surface area contributed by atoms with Crippen LogP contribution in [0, 0.1) is 0 Å². The number of aromatic nitrogens is 3. The smallest absolute Gasteiger partial charge is 0.230 e. The fourth-order valence-corrected chi connectivity index (χ4v) is 1.36. The Morgan fingerprint density at radius 2 is 2.33 bits per heavy atom. The van der Waals surface area contributed by atoms with Crippen molar-refractivity contribution in [1.29, 1.82) is 0 Å². The summed E-state index contributed by atoms with van der Waals surface area (Å²) in [5, 5.41) is 9.63. The fraction of sp³-hybridized carbons (Fsp3) is 0.333. The normalized spacial score (nSPS) is 13.0.